The maximum atomic E-state index is 13.3. The van der Waals surface area contributed by atoms with Gasteiger partial charge in [0, 0.05) is 13.7 Å². The number of ether oxygens (including phenoxy) is 3. The third kappa shape index (κ3) is 5.29. The molecule has 0 aromatic carbocycles. The Morgan fingerprint density at radius 2 is 1.97 bits per heavy atom. The maximum Gasteiger partial charge on any atom is 0.417 e. The van der Waals surface area contributed by atoms with Crippen LogP contribution in [0.4, 0.5) is 4.79 Å². The Labute approximate surface area is 177 Å². The van der Waals surface area contributed by atoms with Crippen molar-refractivity contribution in [3.63, 3.8) is 0 Å². The van der Waals surface area contributed by atoms with Gasteiger partial charge in [0.1, 0.15) is 11.4 Å². The Morgan fingerprint density at radius 1 is 1.27 bits per heavy atom. The molecule has 0 aromatic heterocycles. The highest BCUT2D eigenvalue weighted by molar-refractivity contribution is 6.03. The number of rotatable bonds is 9. The van der Waals surface area contributed by atoms with Crippen LogP contribution in [-0.2, 0) is 23.8 Å². The van der Waals surface area contributed by atoms with Gasteiger partial charge in [-0.05, 0) is 57.3 Å². The van der Waals surface area contributed by atoms with Crippen LogP contribution in [0.2, 0.25) is 0 Å². The number of carbonyl (C=O) groups is 3. The third-order valence-corrected chi connectivity index (χ3v) is 5.34. The largest absolute Gasteiger partial charge is 0.479 e. The zero-order valence-corrected chi connectivity index (χ0v) is 18.4. The summed E-state index contributed by atoms with van der Waals surface area (Å²) in [7, 11) is 1.31. The minimum absolute atomic E-state index is 0.0508. The van der Waals surface area contributed by atoms with Crippen LogP contribution in [0.5, 0.6) is 0 Å². The highest BCUT2D eigenvalue weighted by atomic mass is 16.6. The molecule has 2 heterocycles. The second-order valence-corrected chi connectivity index (χ2v) is 8.48. The molecule has 2 rings (SSSR count). The van der Waals surface area contributed by atoms with Crippen molar-refractivity contribution in [2.45, 2.75) is 77.2 Å². The smallest absolute Gasteiger partial charge is 0.417 e. The number of unbranched alkanes of at least 4 members (excludes halogenated alkanes) is 3. The van der Waals surface area contributed by atoms with E-state index >= 15 is 0 Å². The van der Waals surface area contributed by atoms with Crippen LogP contribution in [0.25, 0.3) is 0 Å². The first kappa shape index (κ1) is 24.1. The van der Waals surface area contributed by atoms with Crippen LogP contribution < -0.4 is 0 Å². The molecule has 0 saturated carbocycles. The van der Waals surface area contributed by atoms with E-state index in [1.54, 1.807) is 19.9 Å². The van der Waals surface area contributed by atoms with Crippen LogP contribution in [0, 0.1) is 5.92 Å². The molecule has 1 fully saturated rings. The molecule has 0 aliphatic carbocycles. The number of imide groups is 1. The van der Waals surface area contributed by atoms with Gasteiger partial charge in [-0.25, -0.2) is 9.69 Å². The highest BCUT2D eigenvalue weighted by Gasteiger charge is 2.54. The van der Waals surface area contributed by atoms with E-state index in [2.05, 4.69) is 0 Å². The van der Waals surface area contributed by atoms with E-state index in [9.17, 15) is 14.4 Å². The summed E-state index contributed by atoms with van der Waals surface area (Å²) in [6.45, 7) is 7.48. The molecule has 0 bridgehead atoms. The summed E-state index contributed by atoms with van der Waals surface area (Å²) in [6.07, 6.45) is 4.77. The summed E-state index contributed by atoms with van der Waals surface area (Å²) in [5.74, 6) is -0.628. The van der Waals surface area contributed by atoms with Crippen molar-refractivity contribution in [1.29, 1.82) is 0 Å². The molecular formula is C22H33NO7. The zero-order valence-electron chi connectivity index (χ0n) is 18.4. The summed E-state index contributed by atoms with van der Waals surface area (Å²) in [5, 5.41) is 8.84. The molecule has 0 unspecified atom stereocenters. The second kappa shape index (κ2) is 10.2. The maximum absolute atomic E-state index is 13.3. The van der Waals surface area contributed by atoms with Crippen molar-refractivity contribution in [1.82, 2.24) is 4.90 Å². The number of allylic oxidation sites excluding steroid dienone is 2. The van der Waals surface area contributed by atoms with Crippen LogP contribution in [0.3, 0.4) is 0 Å². The van der Waals surface area contributed by atoms with Crippen molar-refractivity contribution in [3.05, 3.63) is 24.0 Å². The van der Waals surface area contributed by atoms with Crippen molar-refractivity contribution >= 4 is 17.8 Å². The lowest BCUT2D eigenvalue weighted by Gasteiger charge is -2.34. The minimum Gasteiger partial charge on any atom is -0.479 e. The Balaban J connectivity index is 2.18. The lowest BCUT2D eigenvalue weighted by atomic mass is 9.88. The van der Waals surface area contributed by atoms with Crippen LogP contribution in [-0.4, -0.2) is 65.4 Å². The monoisotopic (exact) mass is 423 g/mol. The molecule has 2 aliphatic heterocycles. The van der Waals surface area contributed by atoms with Gasteiger partial charge in [-0.1, -0.05) is 20.3 Å². The SMILES string of the molecule is CO[C@@H](C(=O)N1C(=O)OC(C)(C)[C@H]1C(C)C)[C@@H]1OC(=CCCCCCO)C=CC1=O. The highest BCUT2D eigenvalue weighted by Crippen LogP contribution is 2.35. The normalized spacial score (nSPS) is 25.6. The fourth-order valence-electron chi connectivity index (χ4n) is 4.09. The molecule has 0 radical (unpaired) electrons. The summed E-state index contributed by atoms with van der Waals surface area (Å²) in [4.78, 5) is 39.3. The quantitative estimate of drug-likeness (QED) is 0.569. The molecule has 30 heavy (non-hydrogen) atoms. The van der Waals surface area contributed by atoms with Crippen molar-refractivity contribution in [3.8, 4) is 0 Å². The van der Waals surface area contributed by atoms with Gasteiger partial charge in [-0.3, -0.25) is 9.59 Å². The molecule has 0 aromatic rings. The standard InChI is InChI=1S/C22H33NO7/c1-14(2)19-22(3,4)30-21(27)23(19)20(26)18(28-5)17-16(25)12-11-15(29-17)10-8-6-7-9-13-24/h10-12,14,17-19,24H,6-9,13H2,1-5H3/t17-,18-,19-/m1/s1. The van der Waals surface area contributed by atoms with Gasteiger partial charge in [0.05, 0.1) is 6.04 Å². The molecule has 8 heteroatoms. The van der Waals surface area contributed by atoms with E-state index in [1.165, 1.54) is 13.2 Å². The first-order valence-corrected chi connectivity index (χ1v) is 10.4. The number of hydrogen-bond acceptors (Lipinski definition) is 7. The van der Waals surface area contributed by atoms with E-state index in [-0.39, 0.29) is 12.5 Å². The van der Waals surface area contributed by atoms with Crippen LogP contribution >= 0.6 is 0 Å². The first-order chi connectivity index (χ1) is 14.1. The zero-order chi connectivity index (χ0) is 22.5. The average molecular weight is 424 g/mol. The van der Waals surface area contributed by atoms with E-state index < -0.39 is 41.6 Å². The molecule has 1 saturated heterocycles. The van der Waals surface area contributed by atoms with Gasteiger partial charge in [-0.15, -0.1) is 0 Å². The van der Waals surface area contributed by atoms with E-state index in [0.717, 1.165) is 24.2 Å². The van der Waals surface area contributed by atoms with Gasteiger partial charge in [0.15, 0.2) is 18.0 Å². The Bertz CT molecular complexity index is 710. The second-order valence-electron chi connectivity index (χ2n) is 8.48. The summed E-state index contributed by atoms with van der Waals surface area (Å²) >= 11 is 0. The van der Waals surface area contributed by atoms with E-state index in [0.29, 0.717) is 12.2 Å². The number of hydrogen-bond donors (Lipinski definition) is 1. The molecule has 1 N–H and O–H groups in total. The van der Waals surface area contributed by atoms with Gasteiger partial charge in [-0.2, -0.15) is 0 Å². The summed E-state index contributed by atoms with van der Waals surface area (Å²) < 4.78 is 16.5. The topological polar surface area (TPSA) is 102 Å². The summed E-state index contributed by atoms with van der Waals surface area (Å²) in [6, 6.07) is -0.495. The van der Waals surface area contributed by atoms with Crippen molar-refractivity contribution < 1.29 is 33.7 Å². The number of nitrogens with zero attached hydrogens (tertiary/aromatic N) is 1. The molecule has 2 amide bonds. The first-order valence-electron chi connectivity index (χ1n) is 10.4. The summed E-state index contributed by atoms with van der Waals surface area (Å²) in [5.41, 5.74) is -0.851. The number of cyclic esters (lactones) is 1. The fraction of sp³-hybridized carbons (Fsp3) is 0.682. The number of amides is 2. The fourth-order valence-corrected chi connectivity index (χ4v) is 4.09. The number of methoxy groups -OCH3 is 1. The Morgan fingerprint density at radius 3 is 2.57 bits per heavy atom. The lowest BCUT2D eigenvalue weighted by Crippen LogP contribution is -2.55. The Kier molecular flexibility index (Phi) is 8.20. The third-order valence-electron chi connectivity index (χ3n) is 5.34. The molecule has 3 atom stereocenters. The minimum atomic E-state index is -1.28. The number of ketones is 1. The van der Waals surface area contributed by atoms with Crippen LogP contribution in [0.1, 0.15) is 53.4 Å². The van der Waals surface area contributed by atoms with Crippen molar-refractivity contribution in [2.24, 2.45) is 5.92 Å². The van der Waals surface area contributed by atoms with Gasteiger partial charge >= 0.3 is 6.09 Å². The molecular weight excluding hydrogens is 390 g/mol. The average Bonchev–Trinajstić information content (AvgIpc) is 2.92. The van der Waals surface area contributed by atoms with Crippen LogP contribution in [0.15, 0.2) is 24.0 Å². The van der Waals surface area contributed by atoms with Crippen molar-refractivity contribution in [2.75, 3.05) is 13.7 Å². The predicted molar refractivity (Wildman–Crippen MR) is 109 cm³/mol. The van der Waals surface area contributed by atoms with Gasteiger partial charge in [0.25, 0.3) is 5.91 Å². The number of carbonyl (C=O) groups excluding carboxylic acids is 3. The van der Waals surface area contributed by atoms with Gasteiger partial charge in [0.2, 0.25) is 0 Å². The van der Waals surface area contributed by atoms with Gasteiger partial charge < -0.3 is 19.3 Å². The lowest BCUT2D eigenvalue weighted by molar-refractivity contribution is -0.154. The number of aliphatic hydroxyl groups is 1. The Hall–Kier alpha value is -2.19. The van der Waals surface area contributed by atoms with E-state index in [4.69, 9.17) is 19.3 Å². The number of aliphatic hydroxyl groups excluding tert-OH is 1. The molecule has 2 aliphatic rings. The molecule has 168 valence electrons. The molecule has 0 spiro atoms. The van der Waals surface area contributed by atoms with E-state index in [1.807, 2.05) is 19.9 Å². The molecule has 8 nitrogen and oxygen atoms in total. The predicted octanol–water partition coefficient (Wildman–Crippen LogP) is 2.74.